The number of carboxylic acid groups (broad SMARTS) is 1. The van der Waals surface area contributed by atoms with Gasteiger partial charge in [0.25, 0.3) is 0 Å². The highest BCUT2D eigenvalue weighted by atomic mass is 32.2. The lowest BCUT2D eigenvalue weighted by atomic mass is 10.1. The second kappa shape index (κ2) is 7.54. The molecular formula is C13H18O5S2. The average Bonchev–Trinajstić information content (AvgIpc) is 2.35. The van der Waals surface area contributed by atoms with Gasteiger partial charge in [0, 0.05) is 22.8 Å². The molecule has 0 spiro atoms. The van der Waals surface area contributed by atoms with E-state index in [-0.39, 0.29) is 24.3 Å². The molecule has 1 N–H and O–H groups in total. The van der Waals surface area contributed by atoms with Gasteiger partial charge in [-0.05, 0) is 18.4 Å². The molecule has 0 aromatic heterocycles. The number of sulfone groups is 1. The van der Waals surface area contributed by atoms with E-state index in [0.717, 1.165) is 11.8 Å². The van der Waals surface area contributed by atoms with Crippen LogP contribution in [0.1, 0.15) is 12.0 Å². The molecular weight excluding hydrogens is 300 g/mol. The summed E-state index contributed by atoms with van der Waals surface area (Å²) in [6.07, 6.45) is 1.50. The third-order valence-corrected chi connectivity index (χ3v) is 5.44. The van der Waals surface area contributed by atoms with Crippen LogP contribution in [0.4, 0.5) is 0 Å². The topological polar surface area (TPSA) is 88.5 Å². The van der Waals surface area contributed by atoms with E-state index in [1.807, 2.05) is 6.07 Å². The SMILES string of the molecule is CS(=O)(=O)CCCS(=O)C(Cc1ccccc1)C(=O)O. The Morgan fingerprint density at radius 3 is 2.40 bits per heavy atom. The monoisotopic (exact) mass is 318 g/mol. The molecule has 20 heavy (non-hydrogen) atoms. The second-order valence-corrected chi connectivity index (χ2v) is 8.58. The fourth-order valence-corrected chi connectivity index (χ4v) is 3.89. The van der Waals surface area contributed by atoms with E-state index in [9.17, 15) is 17.4 Å². The Morgan fingerprint density at radius 1 is 1.30 bits per heavy atom. The van der Waals surface area contributed by atoms with Gasteiger partial charge in [0.15, 0.2) is 0 Å². The number of benzene rings is 1. The standard InChI is InChI=1S/C13H18O5S2/c1-20(17,18)9-5-8-19(16)12(13(14)15)10-11-6-3-2-4-7-11/h2-4,6-7,12H,5,8-10H2,1H3,(H,14,15). The molecule has 0 aliphatic heterocycles. The summed E-state index contributed by atoms with van der Waals surface area (Å²) in [6.45, 7) is 0. The van der Waals surface area contributed by atoms with Gasteiger partial charge in [-0.2, -0.15) is 0 Å². The van der Waals surface area contributed by atoms with Crippen molar-refractivity contribution in [3.05, 3.63) is 35.9 Å². The molecule has 0 heterocycles. The highest BCUT2D eigenvalue weighted by Crippen LogP contribution is 2.10. The van der Waals surface area contributed by atoms with Gasteiger partial charge in [-0.15, -0.1) is 0 Å². The van der Waals surface area contributed by atoms with Crippen LogP contribution in [0.2, 0.25) is 0 Å². The molecule has 0 fully saturated rings. The summed E-state index contributed by atoms with van der Waals surface area (Å²) >= 11 is 0. The van der Waals surface area contributed by atoms with Crippen molar-refractivity contribution in [1.82, 2.24) is 0 Å². The number of carboxylic acids is 1. The van der Waals surface area contributed by atoms with E-state index in [2.05, 4.69) is 0 Å². The number of hydrogen-bond donors (Lipinski definition) is 1. The average molecular weight is 318 g/mol. The lowest BCUT2D eigenvalue weighted by molar-refractivity contribution is -0.136. The highest BCUT2D eigenvalue weighted by Gasteiger charge is 2.24. The Morgan fingerprint density at radius 2 is 1.90 bits per heavy atom. The van der Waals surface area contributed by atoms with E-state index in [1.165, 1.54) is 0 Å². The summed E-state index contributed by atoms with van der Waals surface area (Å²) in [5, 5.41) is 8.15. The van der Waals surface area contributed by atoms with E-state index < -0.39 is 31.9 Å². The highest BCUT2D eigenvalue weighted by molar-refractivity contribution is 7.90. The molecule has 0 bridgehead atoms. The Bertz CT molecular complexity index is 566. The zero-order valence-corrected chi connectivity index (χ0v) is 12.8. The molecule has 112 valence electrons. The maximum absolute atomic E-state index is 12.0. The van der Waals surface area contributed by atoms with E-state index >= 15 is 0 Å². The first-order valence-corrected chi connectivity index (χ1v) is 9.55. The number of aliphatic carboxylic acids is 1. The van der Waals surface area contributed by atoms with E-state index in [4.69, 9.17) is 5.11 Å². The van der Waals surface area contributed by atoms with Crippen molar-refractivity contribution in [1.29, 1.82) is 0 Å². The molecule has 2 atom stereocenters. The quantitative estimate of drug-likeness (QED) is 0.768. The maximum Gasteiger partial charge on any atom is 0.319 e. The Hall–Kier alpha value is -1.21. The summed E-state index contributed by atoms with van der Waals surface area (Å²) in [5.41, 5.74) is 0.802. The first kappa shape index (κ1) is 16.8. The molecule has 0 radical (unpaired) electrons. The molecule has 1 aromatic carbocycles. The first-order chi connectivity index (χ1) is 9.29. The van der Waals surface area contributed by atoms with E-state index in [1.54, 1.807) is 24.3 Å². The van der Waals surface area contributed by atoms with Crippen LogP contribution in [0.15, 0.2) is 30.3 Å². The maximum atomic E-state index is 12.0. The second-order valence-electron chi connectivity index (χ2n) is 4.58. The fraction of sp³-hybridized carbons (Fsp3) is 0.462. The minimum Gasteiger partial charge on any atom is -0.480 e. The Kier molecular flexibility index (Phi) is 6.35. The molecule has 0 saturated carbocycles. The van der Waals surface area contributed by atoms with Gasteiger partial charge in [-0.25, -0.2) is 8.42 Å². The Balaban J connectivity index is 2.62. The zero-order chi connectivity index (χ0) is 15.2. The van der Waals surface area contributed by atoms with Gasteiger partial charge in [-0.3, -0.25) is 9.00 Å². The smallest absolute Gasteiger partial charge is 0.319 e. The summed E-state index contributed by atoms with van der Waals surface area (Å²) in [6, 6.07) is 8.97. The summed E-state index contributed by atoms with van der Waals surface area (Å²) in [4.78, 5) is 11.2. The van der Waals surface area contributed by atoms with E-state index in [0.29, 0.717) is 0 Å². The molecule has 5 nitrogen and oxygen atoms in total. The lowest BCUT2D eigenvalue weighted by Gasteiger charge is -2.12. The fourth-order valence-electron chi connectivity index (χ4n) is 1.73. The minimum atomic E-state index is -3.11. The third kappa shape index (κ3) is 6.29. The van der Waals surface area contributed by atoms with Gasteiger partial charge in [0.2, 0.25) is 0 Å². The summed E-state index contributed by atoms with van der Waals surface area (Å²) in [5.74, 6) is -1.11. The Labute approximate surface area is 121 Å². The largest absolute Gasteiger partial charge is 0.480 e. The predicted octanol–water partition coefficient (Wildman–Crippen LogP) is 0.866. The normalized spacial score (nSPS) is 14.7. The lowest BCUT2D eigenvalue weighted by Crippen LogP contribution is -2.30. The van der Waals surface area contributed by atoms with Crippen molar-refractivity contribution in [2.45, 2.75) is 18.1 Å². The van der Waals surface area contributed by atoms with Gasteiger partial charge >= 0.3 is 5.97 Å². The number of rotatable bonds is 8. The zero-order valence-electron chi connectivity index (χ0n) is 11.2. The molecule has 0 aliphatic rings. The molecule has 0 saturated heterocycles. The van der Waals surface area contributed by atoms with Crippen molar-refractivity contribution >= 4 is 26.6 Å². The molecule has 2 unspecified atom stereocenters. The summed E-state index contributed by atoms with van der Waals surface area (Å²) < 4.78 is 34.0. The number of carbonyl (C=O) groups is 1. The van der Waals surface area contributed by atoms with Crippen LogP contribution in [0.5, 0.6) is 0 Å². The minimum absolute atomic E-state index is 0.0730. The molecule has 1 rings (SSSR count). The van der Waals surface area contributed by atoms with Crippen LogP contribution < -0.4 is 0 Å². The van der Waals surface area contributed by atoms with Crippen molar-refractivity contribution in [3.8, 4) is 0 Å². The van der Waals surface area contributed by atoms with Crippen LogP contribution in [0, 0.1) is 0 Å². The molecule has 0 aliphatic carbocycles. The van der Waals surface area contributed by atoms with Crippen LogP contribution in [-0.4, -0.2) is 46.7 Å². The van der Waals surface area contributed by atoms with Crippen molar-refractivity contribution in [2.75, 3.05) is 17.8 Å². The molecule has 0 amide bonds. The van der Waals surface area contributed by atoms with Gasteiger partial charge in [0.05, 0.1) is 5.75 Å². The number of hydrogen-bond acceptors (Lipinski definition) is 4. The van der Waals surface area contributed by atoms with Crippen LogP contribution in [0.3, 0.4) is 0 Å². The summed E-state index contributed by atoms with van der Waals surface area (Å²) in [7, 11) is -4.69. The molecule has 1 aromatic rings. The van der Waals surface area contributed by atoms with Crippen LogP contribution in [0.25, 0.3) is 0 Å². The van der Waals surface area contributed by atoms with Gasteiger partial charge in [-0.1, -0.05) is 30.3 Å². The van der Waals surface area contributed by atoms with Crippen molar-refractivity contribution < 1.29 is 22.5 Å². The van der Waals surface area contributed by atoms with Gasteiger partial charge in [0.1, 0.15) is 15.1 Å². The van der Waals surface area contributed by atoms with Gasteiger partial charge < -0.3 is 5.11 Å². The predicted molar refractivity (Wildman–Crippen MR) is 78.9 cm³/mol. The van der Waals surface area contributed by atoms with Crippen LogP contribution in [-0.2, 0) is 31.9 Å². The van der Waals surface area contributed by atoms with Crippen molar-refractivity contribution in [2.24, 2.45) is 0 Å². The first-order valence-electron chi connectivity index (χ1n) is 6.11. The van der Waals surface area contributed by atoms with Crippen molar-refractivity contribution in [3.63, 3.8) is 0 Å². The molecule has 7 heteroatoms. The third-order valence-electron chi connectivity index (χ3n) is 2.72. The van der Waals surface area contributed by atoms with Crippen LogP contribution >= 0.6 is 0 Å².